The molecule has 2 aromatic heterocycles. The highest BCUT2D eigenvalue weighted by Crippen LogP contribution is 2.43. The van der Waals surface area contributed by atoms with E-state index in [1.807, 2.05) is 100 Å². The van der Waals surface area contributed by atoms with Crippen LogP contribution < -0.4 is 20.3 Å². The zero-order valence-corrected chi connectivity index (χ0v) is 23.3. The van der Waals surface area contributed by atoms with E-state index in [1.54, 1.807) is 6.20 Å². The number of amides is 1. The van der Waals surface area contributed by atoms with Gasteiger partial charge in [0.25, 0.3) is 0 Å². The quantitative estimate of drug-likeness (QED) is 0.237. The van der Waals surface area contributed by atoms with Gasteiger partial charge >= 0.3 is 0 Å². The summed E-state index contributed by atoms with van der Waals surface area (Å²) in [5, 5.41) is 7.05. The monoisotopic (exact) mass is 540 g/mol. The molecule has 200 valence electrons. The number of furan rings is 1. The second kappa shape index (κ2) is 11.3. The Bertz CT molecular complexity index is 1470. The van der Waals surface area contributed by atoms with Crippen LogP contribution in [0.4, 0.5) is 11.4 Å². The van der Waals surface area contributed by atoms with Crippen molar-refractivity contribution in [2.45, 2.75) is 39.8 Å². The highest BCUT2D eigenvalue weighted by atomic mass is 32.1. The van der Waals surface area contributed by atoms with E-state index in [9.17, 15) is 4.79 Å². The molecule has 39 heavy (non-hydrogen) atoms. The molecule has 8 heteroatoms. The Morgan fingerprint density at radius 2 is 1.92 bits per heavy atom. The summed E-state index contributed by atoms with van der Waals surface area (Å²) in [4.78, 5) is 19.0. The molecule has 1 amide bonds. The molecule has 2 aromatic carbocycles. The number of thiocarbonyl (C=S) groups is 1. The molecule has 2 atom stereocenters. The Hall–Kier alpha value is -4.17. The van der Waals surface area contributed by atoms with Crippen molar-refractivity contribution in [3.8, 4) is 17.1 Å². The summed E-state index contributed by atoms with van der Waals surface area (Å²) in [6, 6.07) is 23.1. The van der Waals surface area contributed by atoms with Gasteiger partial charge in [-0.1, -0.05) is 19.9 Å². The Labute approximate surface area is 234 Å². The minimum Gasteiger partial charge on any atom is -0.494 e. The average Bonchev–Trinajstić information content (AvgIpc) is 3.55. The van der Waals surface area contributed by atoms with E-state index in [-0.39, 0.29) is 23.9 Å². The third kappa shape index (κ3) is 5.52. The van der Waals surface area contributed by atoms with E-state index in [4.69, 9.17) is 21.4 Å². The smallest absolute Gasteiger partial charge is 0.226 e. The normalized spacial score (nSPS) is 16.8. The Kier molecular flexibility index (Phi) is 7.65. The average molecular weight is 541 g/mol. The molecule has 0 spiro atoms. The summed E-state index contributed by atoms with van der Waals surface area (Å²) < 4.78 is 12.1. The van der Waals surface area contributed by atoms with Crippen molar-refractivity contribution in [2.75, 3.05) is 16.8 Å². The number of carbonyl (C=O) groups is 1. The summed E-state index contributed by atoms with van der Waals surface area (Å²) in [5.41, 5.74) is 4.45. The van der Waals surface area contributed by atoms with E-state index < -0.39 is 0 Å². The van der Waals surface area contributed by atoms with Gasteiger partial charge < -0.3 is 24.7 Å². The van der Waals surface area contributed by atoms with Gasteiger partial charge in [-0.05, 0) is 98.4 Å². The van der Waals surface area contributed by atoms with Gasteiger partial charge in [0.2, 0.25) is 5.91 Å². The Morgan fingerprint density at radius 1 is 1.13 bits per heavy atom. The molecular formula is C31H32N4O3S. The number of nitrogens with zero attached hydrogens (tertiary/aromatic N) is 2. The van der Waals surface area contributed by atoms with Crippen LogP contribution in [0, 0.1) is 12.8 Å². The van der Waals surface area contributed by atoms with Crippen molar-refractivity contribution >= 4 is 34.6 Å². The number of anilines is 2. The highest BCUT2D eigenvalue weighted by Gasteiger charge is 2.42. The van der Waals surface area contributed by atoms with Crippen molar-refractivity contribution in [1.29, 1.82) is 0 Å². The van der Waals surface area contributed by atoms with E-state index in [0.29, 0.717) is 11.7 Å². The lowest BCUT2D eigenvalue weighted by atomic mass is 10.0. The van der Waals surface area contributed by atoms with Crippen molar-refractivity contribution in [1.82, 2.24) is 10.3 Å². The minimum atomic E-state index is -0.278. The molecule has 2 N–H and O–H groups in total. The second-order valence-electron chi connectivity index (χ2n) is 9.80. The molecule has 0 unspecified atom stereocenters. The molecule has 0 saturated carbocycles. The van der Waals surface area contributed by atoms with Crippen LogP contribution in [0.2, 0.25) is 0 Å². The molecule has 1 aliphatic rings. The van der Waals surface area contributed by atoms with E-state index in [0.717, 1.165) is 45.5 Å². The molecule has 1 saturated heterocycles. The number of carbonyl (C=O) groups excluding carboxylic acids is 1. The van der Waals surface area contributed by atoms with Gasteiger partial charge in [-0.25, -0.2) is 0 Å². The largest absolute Gasteiger partial charge is 0.494 e. The van der Waals surface area contributed by atoms with Crippen LogP contribution in [0.25, 0.3) is 11.3 Å². The van der Waals surface area contributed by atoms with Gasteiger partial charge in [-0.2, -0.15) is 0 Å². The summed E-state index contributed by atoms with van der Waals surface area (Å²) in [6.45, 7) is 8.32. The van der Waals surface area contributed by atoms with Crippen molar-refractivity contribution in [2.24, 2.45) is 5.92 Å². The number of hydrogen-bond acceptors (Lipinski definition) is 5. The van der Waals surface area contributed by atoms with Gasteiger partial charge in [-0.3, -0.25) is 9.78 Å². The molecule has 4 aromatic rings. The molecule has 1 fully saturated rings. The van der Waals surface area contributed by atoms with Crippen molar-refractivity contribution in [3.05, 3.63) is 96.0 Å². The van der Waals surface area contributed by atoms with Crippen molar-refractivity contribution in [3.63, 3.8) is 0 Å². The number of aromatic nitrogens is 1. The van der Waals surface area contributed by atoms with Gasteiger partial charge in [0.15, 0.2) is 5.11 Å². The van der Waals surface area contributed by atoms with Crippen LogP contribution in [0.15, 0.2) is 83.4 Å². The first-order valence-corrected chi connectivity index (χ1v) is 13.5. The molecule has 0 radical (unpaired) electrons. The maximum atomic E-state index is 12.3. The molecule has 0 aliphatic carbocycles. The lowest BCUT2D eigenvalue weighted by Gasteiger charge is -2.27. The number of benzene rings is 2. The van der Waals surface area contributed by atoms with Gasteiger partial charge in [-0.15, -0.1) is 0 Å². The number of nitrogens with one attached hydrogen (secondary N) is 2. The third-order valence-corrected chi connectivity index (χ3v) is 7.05. The Balaban J connectivity index is 1.51. The van der Waals surface area contributed by atoms with Crippen LogP contribution in [-0.2, 0) is 4.79 Å². The van der Waals surface area contributed by atoms with E-state index in [1.165, 1.54) is 0 Å². The second-order valence-corrected chi connectivity index (χ2v) is 10.2. The highest BCUT2D eigenvalue weighted by molar-refractivity contribution is 7.80. The molecule has 1 aliphatic heterocycles. The van der Waals surface area contributed by atoms with Crippen LogP contribution in [-0.4, -0.2) is 22.6 Å². The Morgan fingerprint density at radius 3 is 2.59 bits per heavy atom. The predicted octanol–water partition coefficient (Wildman–Crippen LogP) is 6.82. The number of aryl methyl sites for hydroxylation is 1. The fraction of sp³-hybridized carbons (Fsp3) is 0.258. The molecule has 7 nitrogen and oxygen atoms in total. The number of ether oxygens (including phenoxy) is 1. The summed E-state index contributed by atoms with van der Waals surface area (Å²) >= 11 is 5.86. The van der Waals surface area contributed by atoms with Crippen LogP contribution in [0.5, 0.6) is 5.75 Å². The summed E-state index contributed by atoms with van der Waals surface area (Å²) in [5.74, 6) is 2.22. The lowest BCUT2D eigenvalue weighted by Crippen LogP contribution is -2.29. The predicted molar refractivity (Wildman–Crippen MR) is 158 cm³/mol. The topological polar surface area (TPSA) is 79.6 Å². The van der Waals surface area contributed by atoms with Crippen LogP contribution in [0.3, 0.4) is 0 Å². The minimum absolute atomic E-state index is 0.0188. The zero-order chi connectivity index (χ0) is 27.5. The number of pyridine rings is 1. The van der Waals surface area contributed by atoms with Gasteiger partial charge in [0.1, 0.15) is 23.3 Å². The fourth-order valence-corrected chi connectivity index (χ4v) is 5.03. The molecule has 3 heterocycles. The van der Waals surface area contributed by atoms with Gasteiger partial charge in [0, 0.05) is 29.1 Å². The fourth-order valence-electron chi connectivity index (χ4n) is 4.69. The maximum Gasteiger partial charge on any atom is 0.226 e. The van der Waals surface area contributed by atoms with Crippen molar-refractivity contribution < 1.29 is 13.9 Å². The first kappa shape index (κ1) is 26.4. The third-order valence-electron chi connectivity index (χ3n) is 6.74. The summed E-state index contributed by atoms with van der Waals surface area (Å²) in [7, 11) is 0. The maximum absolute atomic E-state index is 12.3. The number of rotatable bonds is 8. The molecular weight excluding hydrogens is 508 g/mol. The lowest BCUT2D eigenvalue weighted by molar-refractivity contribution is -0.118. The molecule has 0 bridgehead atoms. The first-order valence-electron chi connectivity index (χ1n) is 13.1. The van der Waals surface area contributed by atoms with Crippen LogP contribution in [0.1, 0.15) is 49.9 Å². The number of hydrogen-bond donors (Lipinski definition) is 2. The first-order chi connectivity index (χ1) is 18.9. The van der Waals surface area contributed by atoms with Crippen LogP contribution >= 0.6 is 12.2 Å². The SMILES string of the molecule is CCOc1ccc(-c2ccc([C@H]3[C@@H](c4ccccn4)NC(=S)N3c3ccc(NC(=O)C(C)C)c(C)c3)o2)cc1. The van der Waals surface area contributed by atoms with Gasteiger partial charge in [0.05, 0.1) is 18.3 Å². The van der Waals surface area contributed by atoms with E-state index >= 15 is 0 Å². The molecule has 5 rings (SSSR count). The zero-order valence-electron chi connectivity index (χ0n) is 22.5. The summed E-state index contributed by atoms with van der Waals surface area (Å²) in [6.07, 6.45) is 1.78. The van der Waals surface area contributed by atoms with E-state index in [2.05, 4.69) is 20.5 Å². The standard InChI is InChI=1S/C31H32N4O3S/c1-5-37-23-12-9-21(10-13-23)26-15-16-27(38-26)29-28(25-8-6-7-17-32-25)34-31(39)35(29)22-11-14-24(20(4)18-22)33-30(36)19(2)3/h6-19,28-29H,5H2,1-4H3,(H,33,36)(H,34,39)/t28-,29+/m1/s1.